The van der Waals surface area contributed by atoms with Crippen molar-refractivity contribution in [2.24, 2.45) is 0 Å². The quantitative estimate of drug-likeness (QED) is 0.158. The van der Waals surface area contributed by atoms with Gasteiger partial charge in [-0.25, -0.2) is 4.79 Å². The molecular weight excluding hydrogens is 686 g/mol. The summed E-state index contributed by atoms with van der Waals surface area (Å²) in [4.78, 5) is 42.5. The molecule has 4 aromatic carbocycles. The molecule has 5 unspecified atom stereocenters. The zero-order valence-electron chi connectivity index (χ0n) is 30.5. The lowest BCUT2D eigenvalue weighted by Crippen LogP contribution is -2.42. The van der Waals surface area contributed by atoms with Crippen LogP contribution in [0.1, 0.15) is 65.9 Å². The first-order valence-electron chi connectivity index (χ1n) is 18.6. The largest absolute Gasteiger partial charge is 0.445 e. The Morgan fingerprint density at radius 1 is 0.889 bits per heavy atom. The van der Waals surface area contributed by atoms with Gasteiger partial charge in [0.1, 0.15) is 12.6 Å². The van der Waals surface area contributed by atoms with Crippen LogP contribution in [0.5, 0.6) is 0 Å². The molecule has 54 heavy (non-hydrogen) atoms. The van der Waals surface area contributed by atoms with Crippen LogP contribution in [0, 0.1) is 0 Å². The third kappa shape index (κ3) is 8.89. The molecule has 3 heterocycles. The lowest BCUT2D eigenvalue weighted by atomic mass is 9.97. The van der Waals surface area contributed by atoms with E-state index in [9.17, 15) is 19.5 Å². The van der Waals surface area contributed by atoms with E-state index in [2.05, 4.69) is 10.2 Å². The van der Waals surface area contributed by atoms with Crippen molar-refractivity contribution in [2.45, 2.75) is 76.0 Å². The molecule has 4 aromatic rings. The zero-order chi connectivity index (χ0) is 37.4. The van der Waals surface area contributed by atoms with E-state index >= 15 is 0 Å². The molecular formula is C43H47N3O8. The Hall–Kier alpha value is -4.91. The highest BCUT2D eigenvalue weighted by molar-refractivity contribution is 6.06. The highest BCUT2D eigenvalue weighted by atomic mass is 16.7. The Balaban J connectivity index is 1.03. The molecule has 0 radical (unpaired) electrons. The number of imide groups is 1. The summed E-state index contributed by atoms with van der Waals surface area (Å²) in [5, 5.41) is 12.1. The molecule has 282 valence electrons. The van der Waals surface area contributed by atoms with E-state index < -0.39 is 24.3 Å². The van der Waals surface area contributed by atoms with Crippen LogP contribution in [0.4, 0.5) is 4.79 Å². The minimum Gasteiger partial charge on any atom is -0.445 e. The summed E-state index contributed by atoms with van der Waals surface area (Å²) in [6.45, 7) is 2.61. The van der Waals surface area contributed by atoms with Crippen LogP contribution in [-0.4, -0.2) is 77.8 Å². The van der Waals surface area contributed by atoms with Gasteiger partial charge in [0.25, 0.3) is 5.91 Å². The van der Waals surface area contributed by atoms with E-state index in [0.717, 1.165) is 64.9 Å². The van der Waals surface area contributed by atoms with E-state index in [4.69, 9.17) is 18.9 Å². The Labute approximate surface area is 315 Å². The van der Waals surface area contributed by atoms with Gasteiger partial charge in [0, 0.05) is 31.7 Å². The van der Waals surface area contributed by atoms with Crippen LogP contribution < -0.4 is 5.32 Å². The standard InChI is InChI=1S/C43H47N3O8/c1-51-28-35-11-7-21-45(35)25-36-22-39(32-15-13-29(26-47)14-16-32)54-42(53-36)33-19-17-31(18-20-33)37-12-6-5-10-34(37)24-46-40(48)23-38(41(46)49)44-43(50)52-27-30-8-3-2-4-9-30/h2-6,8-10,12-20,35-36,38-39,42,47H,7,11,21-28H2,1H3,(H,44,50). The van der Waals surface area contributed by atoms with E-state index in [1.165, 1.54) is 4.90 Å². The van der Waals surface area contributed by atoms with Crippen LogP contribution >= 0.6 is 0 Å². The van der Waals surface area contributed by atoms with Crippen molar-refractivity contribution in [2.75, 3.05) is 26.8 Å². The van der Waals surface area contributed by atoms with Crippen molar-refractivity contribution >= 4 is 17.9 Å². The number of amides is 3. The normalized spacial score (nSPS) is 23.1. The van der Waals surface area contributed by atoms with Crippen LogP contribution in [-0.2, 0) is 48.3 Å². The molecule has 0 aromatic heterocycles. The SMILES string of the molecule is COCC1CCCN1CC1CC(c2ccc(CO)cc2)OC(c2ccc(-c3ccccc3CN3C(=O)CC(NC(=O)OCc4ccccc4)C3=O)cc2)O1. The number of benzene rings is 4. The second kappa shape index (κ2) is 17.5. The number of aliphatic hydroxyl groups excluding tert-OH is 1. The first-order chi connectivity index (χ1) is 26.4. The average molecular weight is 734 g/mol. The molecule has 0 saturated carbocycles. The number of carbonyl (C=O) groups is 3. The molecule has 3 fully saturated rings. The fourth-order valence-corrected chi connectivity index (χ4v) is 7.61. The number of nitrogens with zero attached hydrogens (tertiary/aromatic N) is 2. The number of aliphatic hydroxyl groups is 1. The molecule has 3 aliphatic heterocycles. The Morgan fingerprint density at radius 2 is 1.63 bits per heavy atom. The van der Waals surface area contributed by atoms with Crippen molar-refractivity contribution in [3.63, 3.8) is 0 Å². The summed E-state index contributed by atoms with van der Waals surface area (Å²) in [6.07, 6.45) is 1.22. The van der Waals surface area contributed by atoms with Gasteiger partial charge >= 0.3 is 6.09 Å². The molecule has 11 heteroatoms. The van der Waals surface area contributed by atoms with Gasteiger partial charge in [-0.1, -0.05) is 103 Å². The van der Waals surface area contributed by atoms with E-state index in [1.807, 2.05) is 103 Å². The van der Waals surface area contributed by atoms with Crippen LogP contribution in [0.3, 0.4) is 0 Å². The minimum absolute atomic E-state index is 0.0140. The summed E-state index contributed by atoms with van der Waals surface area (Å²) in [5.74, 6) is -0.825. The Bertz CT molecular complexity index is 1890. The number of ether oxygens (including phenoxy) is 4. The predicted octanol–water partition coefficient (Wildman–Crippen LogP) is 6.06. The Morgan fingerprint density at radius 3 is 2.39 bits per heavy atom. The van der Waals surface area contributed by atoms with Gasteiger partial charge < -0.3 is 29.4 Å². The van der Waals surface area contributed by atoms with Gasteiger partial charge in [-0.3, -0.25) is 19.4 Å². The Kier molecular flexibility index (Phi) is 12.1. The number of nitrogens with one attached hydrogen (secondary N) is 1. The lowest BCUT2D eigenvalue weighted by molar-refractivity contribution is -0.253. The number of methoxy groups -OCH3 is 1. The maximum absolute atomic E-state index is 13.3. The zero-order valence-corrected chi connectivity index (χ0v) is 30.5. The molecule has 0 bridgehead atoms. The molecule has 7 rings (SSSR count). The summed E-state index contributed by atoms with van der Waals surface area (Å²) in [5.41, 5.74) is 6.18. The van der Waals surface area contributed by atoms with Crippen molar-refractivity contribution in [3.8, 4) is 11.1 Å². The maximum atomic E-state index is 13.3. The highest BCUT2D eigenvalue weighted by Crippen LogP contribution is 2.39. The molecule has 3 amide bonds. The lowest BCUT2D eigenvalue weighted by Gasteiger charge is -2.38. The van der Waals surface area contributed by atoms with Gasteiger partial charge in [-0.2, -0.15) is 0 Å². The minimum atomic E-state index is -0.987. The number of hydrogen-bond donors (Lipinski definition) is 2. The van der Waals surface area contributed by atoms with Crippen molar-refractivity contribution < 1.29 is 38.4 Å². The van der Waals surface area contributed by atoms with Crippen molar-refractivity contribution in [1.29, 1.82) is 0 Å². The number of hydrogen-bond acceptors (Lipinski definition) is 9. The van der Waals surface area contributed by atoms with Gasteiger partial charge in [0.15, 0.2) is 6.29 Å². The van der Waals surface area contributed by atoms with E-state index in [1.54, 1.807) is 7.11 Å². The second-order valence-corrected chi connectivity index (χ2v) is 14.2. The number of likely N-dealkylation sites (tertiary alicyclic amines) is 2. The van der Waals surface area contributed by atoms with E-state index in [-0.39, 0.29) is 44.3 Å². The highest BCUT2D eigenvalue weighted by Gasteiger charge is 2.40. The number of carbonyl (C=O) groups excluding carboxylic acids is 3. The fourth-order valence-electron chi connectivity index (χ4n) is 7.61. The predicted molar refractivity (Wildman–Crippen MR) is 200 cm³/mol. The average Bonchev–Trinajstić information content (AvgIpc) is 3.75. The number of alkyl carbamates (subject to hydrolysis) is 1. The summed E-state index contributed by atoms with van der Waals surface area (Å²) < 4.78 is 24.0. The smallest absolute Gasteiger partial charge is 0.408 e. The molecule has 2 N–H and O–H groups in total. The third-order valence-corrected chi connectivity index (χ3v) is 10.5. The fraction of sp³-hybridized carbons (Fsp3) is 0.372. The van der Waals surface area contributed by atoms with Crippen LogP contribution in [0.25, 0.3) is 11.1 Å². The number of rotatable bonds is 13. The van der Waals surface area contributed by atoms with E-state index in [0.29, 0.717) is 19.1 Å². The maximum Gasteiger partial charge on any atom is 0.408 e. The van der Waals surface area contributed by atoms with Crippen LogP contribution in [0.15, 0.2) is 103 Å². The van der Waals surface area contributed by atoms with Gasteiger partial charge in [0.05, 0.1) is 38.4 Å². The molecule has 0 aliphatic carbocycles. The second-order valence-electron chi connectivity index (χ2n) is 14.2. The topological polar surface area (TPSA) is 127 Å². The molecule has 3 aliphatic rings. The summed E-state index contributed by atoms with van der Waals surface area (Å²) in [6, 6.07) is 32.2. The summed E-state index contributed by atoms with van der Waals surface area (Å²) in [7, 11) is 1.75. The molecule has 5 atom stereocenters. The van der Waals surface area contributed by atoms with Crippen molar-refractivity contribution in [3.05, 3.63) is 131 Å². The van der Waals surface area contributed by atoms with Gasteiger partial charge in [-0.05, 0) is 52.8 Å². The third-order valence-electron chi connectivity index (χ3n) is 10.5. The van der Waals surface area contributed by atoms with Crippen LogP contribution in [0.2, 0.25) is 0 Å². The van der Waals surface area contributed by atoms with Gasteiger partial charge in [0.2, 0.25) is 5.91 Å². The summed E-state index contributed by atoms with van der Waals surface area (Å²) >= 11 is 0. The molecule has 11 nitrogen and oxygen atoms in total. The van der Waals surface area contributed by atoms with Crippen molar-refractivity contribution in [1.82, 2.24) is 15.1 Å². The monoisotopic (exact) mass is 733 g/mol. The molecule has 3 saturated heterocycles. The molecule has 0 spiro atoms. The van der Waals surface area contributed by atoms with Gasteiger partial charge in [-0.15, -0.1) is 0 Å². The first-order valence-corrected chi connectivity index (χ1v) is 18.6. The first kappa shape index (κ1) is 37.4.